The summed E-state index contributed by atoms with van der Waals surface area (Å²) in [6, 6.07) is 4.62. The second-order valence-electron chi connectivity index (χ2n) is 6.83. The van der Waals surface area contributed by atoms with E-state index in [-0.39, 0.29) is 24.2 Å². The molecular formula is C17H23BrFN3O3. The highest BCUT2D eigenvalue weighted by molar-refractivity contribution is 9.10. The first kappa shape index (κ1) is 19.5. The third-order valence-electron chi connectivity index (χ3n) is 3.65. The highest BCUT2D eigenvalue weighted by Crippen LogP contribution is 2.19. The second kappa shape index (κ2) is 8.03. The van der Waals surface area contributed by atoms with Crippen molar-refractivity contribution in [3.8, 4) is 0 Å². The summed E-state index contributed by atoms with van der Waals surface area (Å²) in [5, 5.41) is 2.81. The zero-order valence-corrected chi connectivity index (χ0v) is 16.2. The fourth-order valence-electron chi connectivity index (χ4n) is 2.38. The van der Waals surface area contributed by atoms with E-state index in [1.54, 1.807) is 21.9 Å². The first-order valence-corrected chi connectivity index (χ1v) is 8.89. The molecule has 2 amide bonds. The van der Waals surface area contributed by atoms with Gasteiger partial charge in [0.2, 0.25) is 5.91 Å². The number of carbonyl (C=O) groups excluding carboxylic acids is 2. The Morgan fingerprint density at radius 2 is 1.80 bits per heavy atom. The maximum atomic E-state index is 13.7. The molecule has 2 rings (SSSR count). The van der Waals surface area contributed by atoms with E-state index in [1.165, 1.54) is 6.07 Å². The number of anilines is 1. The largest absolute Gasteiger partial charge is 0.444 e. The number of halogens is 2. The van der Waals surface area contributed by atoms with Crippen LogP contribution in [0.2, 0.25) is 0 Å². The number of hydrogen-bond acceptors (Lipinski definition) is 4. The molecule has 25 heavy (non-hydrogen) atoms. The van der Waals surface area contributed by atoms with Crippen LogP contribution in [0.15, 0.2) is 22.7 Å². The first-order chi connectivity index (χ1) is 11.7. The predicted octanol–water partition coefficient (Wildman–Crippen LogP) is 3.08. The summed E-state index contributed by atoms with van der Waals surface area (Å²) in [5.41, 5.74) is -0.258. The lowest BCUT2D eigenvalue weighted by atomic mass is 10.2. The lowest BCUT2D eigenvalue weighted by molar-refractivity contribution is -0.131. The molecule has 138 valence electrons. The van der Waals surface area contributed by atoms with Crippen molar-refractivity contribution in [2.45, 2.75) is 26.4 Å². The molecule has 0 saturated carbocycles. The molecule has 0 radical (unpaired) electrons. The summed E-state index contributed by atoms with van der Waals surface area (Å²) in [4.78, 5) is 27.5. The molecule has 1 aliphatic rings. The monoisotopic (exact) mass is 415 g/mol. The molecule has 1 saturated heterocycles. The fourth-order valence-corrected chi connectivity index (χ4v) is 2.71. The maximum absolute atomic E-state index is 13.7. The minimum atomic E-state index is -0.539. The van der Waals surface area contributed by atoms with Gasteiger partial charge in [-0.3, -0.25) is 4.79 Å². The van der Waals surface area contributed by atoms with Crippen molar-refractivity contribution >= 4 is 33.6 Å². The fraction of sp³-hybridized carbons (Fsp3) is 0.529. The Labute approximate surface area is 155 Å². The number of amides is 2. The van der Waals surface area contributed by atoms with Crippen LogP contribution in [0.5, 0.6) is 0 Å². The molecule has 0 aliphatic carbocycles. The quantitative estimate of drug-likeness (QED) is 0.823. The molecule has 0 spiro atoms. The SMILES string of the molecule is CC(C)(C)OC(=O)N1CCN(C(=O)CNc2ccc(Br)cc2F)CC1. The van der Waals surface area contributed by atoms with Gasteiger partial charge in [0.1, 0.15) is 11.4 Å². The van der Waals surface area contributed by atoms with Gasteiger partial charge in [0.15, 0.2) is 0 Å². The van der Waals surface area contributed by atoms with E-state index < -0.39 is 11.4 Å². The number of piperazine rings is 1. The second-order valence-corrected chi connectivity index (χ2v) is 7.74. The van der Waals surface area contributed by atoms with Crippen molar-refractivity contribution < 1.29 is 18.7 Å². The number of nitrogens with zero attached hydrogens (tertiary/aromatic N) is 2. The van der Waals surface area contributed by atoms with Crippen LogP contribution < -0.4 is 5.32 Å². The highest BCUT2D eigenvalue weighted by Gasteiger charge is 2.27. The first-order valence-electron chi connectivity index (χ1n) is 8.10. The van der Waals surface area contributed by atoms with Crippen molar-refractivity contribution in [2.75, 3.05) is 38.0 Å². The van der Waals surface area contributed by atoms with Gasteiger partial charge in [0.05, 0.1) is 12.2 Å². The minimum absolute atomic E-state index is 0.00495. The van der Waals surface area contributed by atoms with E-state index in [4.69, 9.17) is 4.74 Å². The average molecular weight is 416 g/mol. The van der Waals surface area contributed by atoms with E-state index >= 15 is 0 Å². The van der Waals surface area contributed by atoms with Crippen LogP contribution in [0.3, 0.4) is 0 Å². The van der Waals surface area contributed by atoms with Crippen molar-refractivity contribution in [2.24, 2.45) is 0 Å². The molecule has 1 aromatic carbocycles. The normalized spacial score (nSPS) is 15.1. The Kier molecular flexibility index (Phi) is 6.26. The van der Waals surface area contributed by atoms with Crippen LogP contribution >= 0.6 is 15.9 Å². The van der Waals surface area contributed by atoms with Crippen LogP contribution in [0.1, 0.15) is 20.8 Å². The summed E-state index contributed by atoms with van der Waals surface area (Å²) < 4.78 is 19.7. The molecule has 0 atom stereocenters. The van der Waals surface area contributed by atoms with E-state index in [1.807, 2.05) is 20.8 Å². The molecule has 1 aromatic rings. The summed E-state index contributed by atoms with van der Waals surface area (Å²) in [7, 11) is 0. The van der Waals surface area contributed by atoms with Crippen LogP contribution in [0, 0.1) is 5.82 Å². The molecule has 1 heterocycles. The van der Waals surface area contributed by atoms with Crippen LogP contribution in [0.4, 0.5) is 14.9 Å². The standard InChI is InChI=1S/C17H23BrFN3O3/c1-17(2,3)25-16(24)22-8-6-21(7-9-22)15(23)11-20-14-5-4-12(18)10-13(14)19/h4-5,10,20H,6-9,11H2,1-3H3. The maximum Gasteiger partial charge on any atom is 0.410 e. The van der Waals surface area contributed by atoms with Crippen molar-refractivity contribution in [1.29, 1.82) is 0 Å². The van der Waals surface area contributed by atoms with Gasteiger partial charge in [-0.25, -0.2) is 9.18 Å². The molecular weight excluding hydrogens is 393 g/mol. The van der Waals surface area contributed by atoms with Gasteiger partial charge in [-0.05, 0) is 39.0 Å². The number of benzene rings is 1. The number of hydrogen-bond donors (Lipinski definition) is 1. The van der Waals surface area contributed by atoms with E-state index in [0.29, 0.717) is 30.7 Å². The van der Waals surface area contributed by atoms with Gasteiger partial charge in [0, 0.05) is 30.7 Å². The van der Waals surface area contributed by atoms with Gasteiger partial charge in [-0.2, -0.15) is 0 Å². The average Bonchev–Trinajstić information content (AvgIpc) is 2.52. The summed E-state index contributed by atoms with van der Waals surface area (Å²) in [6.07, 6.45) is -0.366. The van der Waals surface area contributed by atoms with Gasteiger partial charge >= 0.3 is 6.09 Å². The molecule has 0 aromatic heterocycles. The van der Waals surface area contributed by atoms with Gasteiger partial charge in [-0.1, -0.05) is 15.9 Å². The zero-order valence-electron chi connectivity index (χ0n) is 14.6. The molecule has 0 unspecified atom stereocenters. The summed E-state index contributed by atoms with van der Waals surface area (Å²) >= 11 is 3.19. The molecule has 1 fully saturated rings. The number of nitrogens with one attached hydrogen (secondary N) is 1. The Hall–Kier alpha value is -1.83. The molecule has 0 bridgehead atoms. The molecule has 1 N–H and O–H groups in total. The van der Waals surface area contributed by atoms with Gasteiger partial charge < -0.3 is 19.9 Å². The molecule has 1 aliphatic heterocycles. The van der Waals surface area contributed by atoms with Crippen molar-refractivity contribution in [3.05, 3.63) is 28.5 Å². The van der Waals surface area contributed by atoms with Crippen LogP contribution in [-0.2, 0) is 9.53 Å². The van der Waals surface area contributed by atoms with E-state index in [9.17, 15) is 14.0 Å². The lowest BCUT2D eigenvalue weighted by Crippen LogP contribution is -2.52. The van der Waals surface area contributed by atoms with Crippen molar-refractivity contribution in [3.63, 3.8) is 0 Å². The summed E-state index contributed by atoms with van der Waals surface area (Å²) in [5.74, 6) is -0.553. The van der Waals surface area contributed by atoms with E-state index in [2.05, 4.69) is 21.2 Å². The van der Waals surface area contributed by atoms with Gasteiger partial charge in [-0.15, -0.1) is 0 Å². The number of carbonyl (C=O) groups is 2. The minimum Gasteiger partial charge on any atom is -0.444 e. The Morgan fingerprint density at radius 1 is 1.20 bits per heavy atom. The molecule has 6 nitrogen and oxygen atoms in total. The van der Waals surface area contributed by atoms with Gasteiger partial charge in [0.25, 0.3) is 0 Å². The predicted molar refractivity (Wildman–Crippen MR) is 97.0 cm³/mol. The Balaban J connectivity index is 1.80. The Morgan fingerprint density at radius 3 is 2.36 bits per heavy atom. The number of rotatable bonds is 3. The smallest absolute Gasteiger partial charge is 0.410 e. The van der Waals surface area contributed by atoms with E-state index in [0.717, 1.165) is 0 Å². The number of ether oxygens (including phenoxy) is 1. The van der Waals surface area contributed by atoms with Crippen LogP contribution in [0.25, 0.3) is 0 Å². The third-order valence-corrected chi connectivity index (χ3v) is 4.14. The highest BCUT2D eigenvalue weighted by atomic mass is 79.9. The van der Waals surface area contributed by atoms with Crippen LogP contribution in [-0.4, -0.2) is 60.1 Å². The topological polar surface area (TPSA) is 61.9 Å². The zero-order chi connectivity index (χ0) is 18.6. The van der Waals surface area contributed by atoms with Crippen molar-refractivity contribution in [1.82, 2.24) is 9.80 Å². The third kappa shape index (κ3) is 5.88. The molecule has 8 heteroatoms. The summed E-state index contributed by atoms with van der Waals surface area (Å²) in [6.45, 7) is 7.17. The Bertz CT molecular complexity index is 641. The lowest BCUT2D eigenvalue weighted by Gasteiger charge is -2.35.